The first-order valence-electron chi connectivity index (χ1n) is 11.5. The van der Waals surface area contributed by atoms with Gasteiger partial charge in [0.25, 0.3) is 0 Å². The van der Waals surface area contributed by atoms with Crippen molar-refractivity contribution in [2.75, 3.05) is 33.7 Å². The summed E-state index contributed by atoms with van der Waals surface area (Å²) in [5.41, 5.74) is 3.28. The van der Waals surface area contributed by atoms with Crippen molar-refractivity contribution < 1.29 is 10.0 Å². The van der Waals surface area contributed by atoms with Crippen molar-refractivity contribution in [3.8, 4) is 0 Å². The molecule has 29 heavy (non-hydrogen) atoms. The number of hydrogen-bond acceptors (Lipinski definition) is 9. The second-order valence-corrected chi connectivity index (χ2v) is 9.71. The zero-order chi connectivity index (χ0) is 20.4. The molecule has 5 atom stereocenters. The Morgan fingerprint density at radius 3 is 2.55 bits per heavy atom. The summed E-state index contributed by atoms with van der Waals surface area (Å²) in [5, 5.41) is 27.8. The van der Waals surface area contributed by atoms with Gasteiger partial charge in [-0.2, -0.15) is 5.48 Å². The molecule has 9 nitrogen and oxygen atoms in total. The van der Waals surface area contributed by atoms with Crippen LogP contribution < -0.4 is 16.1 Å². The van der Waals surface area contributed by atoms with Gasteiger partial charge in [0.2, 0.25) is 0 Å². The van der Waals surface area contributed by atoms with Gasteiger partial charge in [-0.3, -0.25) is 25.2 Å². The van der Waals surface area contributed by atoms with E-state index in [1.807, 2.05) is 0 Å². The van der Waals surface area contributed by atoms with Crippen LogP contribution in [0.4, 0.5) is 0 Å². The maximum atomic E-state index is 11.1. The predicted octanol–water partition coefficient (Wildman–Crippen LogP) is 0.863. The largest absolute Gasteiger partial charge is 0.762 e. The Morgan fingerprint density at radius 2 is 1.90 bits per heavy atom. The first kappa shape index (κ1) is 21.9. The van der Waals surface area contributed by atoms with Crippen LogP contribution in [0.2, 0.25) is 0 Å². The third-order valence-corrected chi connectivity index (χ3v) is 7.57. The SMILES string of the molecule is CN(C)C1CCC(C2NOC(C3CCCN3CC3CCC(N([O-])O)CC3)N2)CN1. The molecule has 4 aliphatic rings. The van der Waals surface area contributed by atoms with Gasteiger partial charge in [0.1, 0.15) is 6.23 Å². The fourth-order valence-electron chi connectivity index (χ4n) is 5.70. The van der Waals surface area contributed by atoms with Crippen LogP contribution >= 0.6 is 0 Å². The minimum atomic E-state index is -0.207. The number of nitrogens with one attached hydrogen (secondary N) is 3. The Kier molecular flexibility index (Phi) is 7.42. The quantitative estimate of drug-likeness (QED) is 0.474. The first-order chi connectivity index (χ1) is 14.0. The van der Waals surface area contributed by atoms with E-state index in [1.54, 1.807) is 0 Å². The second-order valence-electron chi connectivity index (χ2n) is 9.71. The van der Waals surface area contributed by atoms with Crippen molar-refractivity contribution >= 4 is 0 Å². The Bertz CT molecular complexity index is 508. The lowest BCUT2D eigenvalue weighted by molar-refractivity contribution is -0.0930. The standard InChI is InChI=1S/C20H39N6O3/c1-24(2)18-10-7-15(12-21-18)19-22-20(29-23-19)17-4-3-11-25(17)13-14-5-8-16(9-6-14)26(27)28/h14-23,27H,3-13H2,1-2H3/q-1. The monoisotopic (exact) mass is 411 g/mol. The summed E-state index contributed by atoms with van der Waals surface area (Å²) in [6, 6.07) is 0.201. The van der Waals surface area contributed by atoms with Crippen LogP contribution in [0, 0.1) is 17.0 Å². The molecule has 5 unspecified atom stereocenters. The molecule has 0 radical (unpaired) electrons. The highest BCUT2D eigenvalue weighted by Crippen LogP contribution is 2.31. The molecule has 1 aliphatic carbocycles. The normalized spacial score (nSPS) is 42.2. The van der Waals surface area contributed by atoms with Crippen molar-refractivity contribution in [3.05, 3.63) is 5.21 Å². The van der Waals surface area contributed by atoms with E-state index in [-0.39, 0.29) is 23.7 Å². The summed E-state index contributed by atoms with van der Waals surface area (Å²) in [7, 11) is 4.26. The molecular weight excluding hydrogens is 372 g/mol. The van der Waals surface area contributed by atoms with Gasteiger partial charge in [-0.15, -0.1) is 0 Å². The van der Waals surface area contributed by atoms with Gasteiger partial charge in [-0.25, -0.2) is 0 Å². The lowest BCUT2D eigenvalue weighted by Gasteiger charge is -2.38. The molecular formula is C20H39N6O3-. The van der Waals surface area contributed by atoms with E-state index in [2.05, 4.69) is 40.0 Å². The highest BCUT2D eigenvalue weighted by molar-refractivity contribution is 4.92. The number of rotatable bonds is 6. The number of nitrogens with zero attached hydrogens (tertiary/aromatic N) is 3. The van der Waals surface area contributed by atoms with Crippen LogP contribution in [-0.2, 0) is 4.84 Å². The maximum Gasteiger partial charge on any atom is 0.146 e. The molecule has 0 aromatic rings. The number of hydroxylamine groups is 3. The molecule has 4 N–H and O–H groups in total. The summed E-state index contributed by atoms with van der Waals surface area (Å²) in [4.78, 5) is 10.9. The molecule has 3 heterocycles. The van der Waals surface area contributed by atoms with Crippen molar-refractivity contribution in [1.82, 2.24) is 31.1 Å². The highest BCUT2D eigenvalue weighted by atomic mass is 16.8. The molecule has 168 valence electrons. The summed E-state index contributed by atoms with van der Waals surface area (Å²) >= 11 is 0. The number of piperidine rings is 1. The fourth-order valence-corrected chi connectivity index (χ4v) is 5.70. The third kappa shape index (κ3) is 5.28. The lowest BCUT2D eigenvalue weighted by atomic mass is 9.86. The average molecular weight is 412 g/mol. The molecule has 0 amide bonds. The van der Waals surface area contributed by atoms with E-state index in [1.165, 1.54) is 12.8 Å². The van der Waals surface area contributed by atoms with Crippen molar-refractivity contribution in [1.29, 1.82) is 0 Å². The van der Waals surface area contributed by atoms with Gasteiger partial charge in [-0.05, 0) is 77.9 Å². The van der Waals surface area contributed by atoms with Crippen LogP contribution in [0.15, 0.2) is 0 Å². The lowest BCUT2D eigenvalue weighted by Crippen LogP contribution is -2.54. The third-order valence-electron chi connectivity index (χ3n) is 7.57. The van der Waals surface area contributed by atoms with Crippen molar-refractivity contribution in [3.63, 3.8) is 0 Å². The zero-order valence-electron chi connectivity index (χ0n) is 17.9. The molecule has 4 fully saturated rings. The summed E-state index contributed by atoms with van der Waals surface area (Å²) in [5.74, 6) is 1.15. The van der Waals surface area contributed by atoms with E-state index in [0.717, 1.165) is 58.2 Å². The number of hydrogen-bond donors (Lipinski definition) is 4. The highest BCUT2D eigenvalue weighted by Gasteiger charge is 2.41. The summed E-state index contributed by atoms with van der Waals surface area (Å²) < 4.78 is 0. The molecule has 0 aromatic carbocycles. The average Bonchev–Trinajstić information content (AvgIpc) is 3.38. The molecule has 0 aromatic heterocycles. The van der Waals surface area contributed by atoms with E-state index in [4.69, 9.17) is 10.0 Å². The predicted molar refractivity (Wildman–Crippen MR) is 110 cm³/mol. The minimum absolute atomic E-state index is 0.0417. The van der Waals surface area contributed by atoms with Gasteiger partial charge < -0.3 is 15.7 Å². The topological polar surface area (TPSA) is 98.3 Å². The van der Waals surface area contributed by atoms with Crippen LogP contribution in [0.25, 0.3) is 0 Å². The van der Waals surface area contributed by atoms with Crippen molar-refractivity contribution in [2.24, 2.45) is 11.8 Å². The smallest absolute Gasteiger partial charge is 0.146 e. The molecule has 1 saturated carbocycles. The van der Waals surface area contributed by atoms with E-state index >= 15 is 0 Å². The first-order valence-corrected chi connectivity index (χ1v) is 11.5. The van der Waals surface area contributed by atoms with Crippen LogP contribution in [0.1, 0.15) is 51.4 Å². The van der Waals surface area contributed by atoms with Gasteiger partial charge in [0, 0.05) is 25.0 Å². The van der Waals surface area contributed by atoms with E-state index in [0.29, 0.717) is 24.0 Å². The van der Waals surface area contributed by atoms with Crippen molar-refractivity contribution in [2.45, 2.75) is 82.0 Å². The fraction of sp³-hybridized carbons (Fsp3) is 1.00. The summed E-state index contributed by atoms with van der Waals surface area (Å²) in [6.45, 7) is 3.20. The van der Waals surface area contributed by atoms with E-state index in [9.17, 15) is 5.21 Å². The van der Waals surface area contributed by atoms with Gasteiger partial charge in [-0.1, -0.05) is 0 Å². The van der Waals surface area contributed by atoms with Gasteiger partial charge in [0.15, 0.2) is 0 Å². The molecule has 9 heteroatoms. The molecule has 3 aliphatic heterocycles. The van der Waals surface area contributed by atoms with Gasteiger partial charge >= 0.3 is 0 Å². The second kappa shape index (κ2) is 9.84. The Morgan fingerprint density at radius 1 is 1.10 bits per heavy atom. The Hall–Kier alpha value is -0.360. The number of likely N-dealkylation sites (tertiary alicyclic amines) is 1. The van der Waals surface area contributed by atoms with Crippen LogP contribution in [0.5, 0.6) is 0 Å². The molecule has 4 rings (SSSR count). The van der Waals surface area contributed by atoms with E-state index < -0.39 is 0 Å². The molecule has 3 saturated heterocycles. The minimum Gasteiger partial charge on any atom is -0.762 e. The maximum absolute atomic E-state index is 11.1. The zero-order valence-corrected chi connectivity index (χ0v) is 17.9. The summed E-state index contributed by atoms with van der Waals surface area (Å²) in [6.07, 6.45) is 9.10. The Labute approximate surface area is 174 Å². The molecule has 0 bridgehead atoms. The Balaban J connectivity index is 1.24. The van der Waals surface area contributed by atoms with Crippen LogP contribution in [-0.4, -0.2) is 84.6 Å². The van der Waals surface area contributed by atoms with Gasteiger partial charge in [0.05, 0.1) is 18.4 Å². The van der Waals surface area contributed by atoms with Crippen LogP contribution in [0.3, 0.4) is 0 Å². The molecule has 0 spiro atoms.